The summed E-state index contributed by atoms with van der Waals surface area (Å²) < 4.78 is 0. The lowest BCUT2D eigenvalue weighted by molar-refractivity contribution is -0.134. The highest BCUT2D eigenvalue weighted by Gasteiger charge is 2.54. The topological polar surface area (TPSA) is 81.1 Å². The van der Waals surface area contributed by atoms with Gasteiger partial charge in [0.1, 0.15) is 0 Å². The van der Waals surface area contributed by atoms with E-state index in [1.165, 1.54) is 77.8 Å². The van der Waals surface area contributed by atoms with Crippen molar-refractivity contribution >= 4 is 11.9 Å². The van der Waals surface area contributed by atoms with Crippen LogP contribution in [0.3, 0.4) is 0 Å². The number of carboxylic acids is 2. The lowest BCUT2D eigenvalue weighted by Gasteiger charge is -2.58. The summed E-state index contributed by atoms with van der Waals surface area (Å²) in [5, 5.41) is 15.6. The number of carboxylic acid groups (broad SMARTS) is 2. The lowest BCUT2D eigenvalue weighted by atomic mass is 9.60. The van der Waals surface area contributed by atoms with Crippen molar-refractivity contribution in [3.8, 4) is 0 Å². The number of aliphatic carboxylic acids is 2. The smallest absolute Gasteiger partial charge is 0.328 e. The van der Waals surface area contributed by atoms with Gasteiger partial charge in [-0.05, 0) is 67.6 Å². The Hall–Kier alpha value is -1.40. The number of hydrogen-bond donors (Lipinski definition) is 2. The van der Waals surface area contributed by atoms with Gasteiger partial charge < -0.3 is 20.0 Å². The van der Waals surface area contributed by atoms with E-state index in [4.69, 9.17) is 10.2 Å². The molecule has 0 aromatic carbocycles. The molecule has 5 fully saturated rings. The predicted octanol–water partition coefficient (Wildman–Crippen LogP) is 2.94. The number of piperidine rings is 2. The van der Waals surface area contributed by atoms with Gasteiger partial charge in [0.2, 0.25) is 0 Å². The van der Waals surface area contributed by atoms with Gasteiger partial charge in [0.15, 0.2) is 0 Å². The fraction of sp³-hybridized carbons (Fsp3) is 0.826. The Bertz CT molecular complexity index is 575. The molecular weight excluding hydrogens is 368 g/mol. The Labute approximate surface area is 173 Å². The van der Waals surface area contributed by atoms with E-state index in [1.807, 2.05) is 0 Å². The van der Waals surface area contributed by atoms with Crippen molar-refractivity contribution in [2.24, 2.45) is 29.1 Å². The van der Waals surface area contributed by atoms with E-state index in [1.54, 1.807) is 12.8 Å². The third-order valence-corrected chi connectivity index (χ3v) is 7.87. The fourth-order valence-corrected chi connectivity index (χ4v) is 6.19. The molecule has 29 heavy (non-hydrogen) atoms. The van der Waals surface area contributed by atoms with Crippen LogP contribution in [-0.2, 0) is 9.59 Å². The maximum Gasteiger partial charge on any atom is 0.328 e. The van der Waals surface area contributed by atoms with Gasteiger partial charge in [-0.2, -0.15) is 0 Å². The molecular formula is C23H36N2O4. The highest BCUT2D eigenvalue weighted by molar-refractivity contribution is 5.89. The van der Waals surface area contributed by atoms with Crippen molar-refractivity contribution in [3.05, 3.63) is 12.2 Å². The highest BCUT2D eigenvalue weighted by atomic mass is 16.4. The van der Waals surface area contributed by atoms with Crippen LogP contribution in [0.1, 0.15) is 51.4 Å². The first kappa shape index (κ1) is 20.9. The average Bonchev–Trinajstić information content (AvgIpc) is 3.58. The predicted molar refractivity (Wildman–Crippen MR) is 111 cm³/mol. The third kappa shape index (κ3) is 5.40. The highest BCUT2D eigenvalue weighted by Crippen LogP contribution is 2.55. The van der Waals surface area contributed by atoms with E-state index in [0.717, 1.165) is 29.1 Å². The molecule has 162 valence electrons. The molecule has 1 spiro atoms. The fourth-order valence-electron chi connectivity index (χ4n) is 6.19. The molecule has 2 aliphatic heterocycles. The van der Waals surface area contributed by atoms with Crippen molar-refractivity contribution < 1.29 is 19.8 Å². The Balaban J connectivity index is 0.000000221. The zero-order valence-corrected chi connectivity index (χ0v) is 17.5. The van der Waals surface area contributed by atoms with Crippen LogP contribution in [0.25, 0.3) is 0 Å². The van der Waals surface area contributed by atoms with Gasteiger partial charge in [-0.3, -0.25) is 0 Å². The van der Waals surface area contributed by atoms with Crippen LogP contribution in [0.5, 0.6) is 0 Å². The molecule has 5 aliphatic rings. The van der Waals surface area contributed by atoms with Crippen LogP contribution in [0, 0.1) is 29.1 Å². The minimum atomic E-state index is -1.26. The van der Waals surface area contributed by atoms with E-state index in [9.17, 15) is 9.59 Å². The van der Waals surface area contributed by atoms with Gasteiger partial charge in [0.25, 0.3) is 0 Å². The van der Waals surface area contributed by atoms with E-state index in [2.05, 4.69) is 9.80 Å². The molecule has 2 bridgehead atoms. The number of likely N-dealkylation sites (tertiary alicyclic amines) is 2. The Morgan fingerprint density at radius 2 is 1.14 bits per heavy atom. The monoisotopic (exact) mass is 404 g/mol. The summed E-state index contributed by atoms with van der Waals surface area (Å²) in [7, 11) is 0. The molecule has 2 saturated heterocycles. The number of carbonyl (C=O) groups is 2. The zero-order chi connectivity index (χ0) is 20.4. The van der Waals surface area contributed by atoms with Crippen molar-refractivity contribution in [1.82, 2.24) is 9.80 Å². The summed E-state index contributed by atoms with van der Waals surface area (Å²) in [4.78, 5) is 24.9. The summed E-state index contributed by atoms with van der Waals surface area (Å²) in [6, 6.07) is 0. The van der Waals surface area contributed by atoms with Gasteiger partial charge >= 0.3 is 11.9 Å². The van der Waals surface area contributed by atoms with Gasteiger partial charge in [-0.25, -0.2) is 9.59 Å². The molecule has 3 saturated carbocycles. The van der Waals surface area contributed by atoms with Gasteiger partial charge in [0.05, 0.1) is 0 Å². The second kappa shape index (κ2) is 8.76. The molecule has 0 atom stereocenters. The maximum absolute atomic E-state index is 9.55. The minimum absolute atomic E-state index is 0.558. The van der Waals surface area contributed by atoms with E-state index >= 15 is 0 Å². The molecule has 6 heteroatoms. The Morgan fingerprint density at radius 1 is 0.759 bits per heavy atom. The van der Waals surface area contributed by atoms with Crippen LogP contribution < -0.4 is 0 Å². The van der Waals surface area contributed by atoms with Crippen molar-refractivity contribution in [2.45, 2.75) is 51.4 Å². The summed E-state index contributed by atoms with van der Waals surface area (Å²) in [6.07, 6.45) is 13.4. The van der Waals surface area contributed by atoms with Crippen LogP contribution in [0.2, 0.25) is 0 Å². The van der Waals surface area contributed by atoms with Gasteiger partial charge in [-0.1, -0.05) is 12.8 Å². The SMILES string of the molecule is C1CCC2(C1)C1CN(CC3CC3)CC2CN(CC2CC2)C1.O=C(O)/C=C/C(=O)O. The van der Waals surface area contributed by atoms with Crippen LogP contribution in [-0.4, -0.2) is 71.2 Å². The summed E-state index contributed by atoms with van der Waals surface area (Å²) in [5.74, 6) is 1.65. The lowest BCUT2D eigenvalue weighted by Crippen LogP contribution is -2.62. The zero-order valence-electron chi connectivity index (χ0n) is 17.5. The van der Waals surface area contributed by atoms with Crippen LogP contribution in [0.15, 0.2) is 12.2 Å². The number of nitrogens with zero attached hydrogens (tertiary/aromatic N) is 2. The molecule has 3 aliphatic carbocycles. The first-order valence-corrected chi connectivity index (χ1v) is 11.5. The second-order valence-electron chi connectivity index (χ2n) is 10.2. The minimum Gasteiger partial charge on any atom is -0.478 e. The molecule has 5 rings (SSSR count). The third-order valence-electron chi connectivity index (χ3n) is 7.87. The largest absolute Gasteiger partial charge is 0.478 e. The number of hydrogen-bond acceptors (Lipinski definition) is 4. The molecule has 0 aromatic rings. The van der Waals surface area contributed by atoms with Crippen molar-refractivity contribution in [3.63, 3.8) is 0 Å². The summed E-state index contributed by atoms with van der Waals surface area (Å²) in [5.41, 5.74) is 0.778. The first-order chi connectivity index (χ1) is 13.9. The average molecular weight is 405 g/mol. The first-order valence-electron chi connectivity index (χ1n) is 11.5. The molecule has 2 N–H and O–H groups in total. The van der Waals surface area contributed by atoms with E-state index in [0.29, 0.717) is 12.2 Å². The van der Waals surface area contributed by atoms with E-state index < -0.39 is 11.9 Å². The van der Waals surface area contributed by atoms with Crippen LogP contribution >= 0.6 is 0 Å². The maximum atomic E-state index is 9.55. The standard InChI is InChI=1S/C19H32N2.C4H4O4/c1-2-8-19(7-1)17-11-20(9-15-3-4-15)12-18(19)14-21(13-17)10-16-5-6-16;5-3(6)1-2-4(7)8/h15-18H,1-14H2;1-2H,(H,5,6)(H,7,8)/b;2-1+. The van der Waals surface area contributed by atoms with Gasteiger partial charge in [-0.15, -0.1) is 0 Å². The second-order valence-corrected chi connectivity index (χ2v) is 10.2. The molecule has 0 aromatic heterocycles. The molecule has 6 nitrogen and oxygen atoms in total. The Kier molecular flexibility index (Phi) is 6.30. The summed E-state index contributed by atoms with van der Waals surface area (Å²) in [6.45, 7) is 8.63. The Morgan fingerprint density at radius 3 is 1.45 bits per heavy atom. The summed E-state index contributed by atoms with van der Waals surface area (Å²) >= 11 is 0. The van der Waals surface area contributed by atoms with E-state index in [-0.39, 0.29) is 0 Å². The van der Waals surface area contributed by atoms with Gasteiger partial charge in [0, 0.05) is 51.4 Å². The molecule has 0 unspecified atom stereocenters. The van der Waals surface area contributed by atoms with Crippen LogP contribution in [0.4, 0.5) is 0 Å². The normalized spacial score (nSPS) is 31.6. The van der Waals surface area contributed by atoms with Crippen molar-refractivity contribution in [2.75, 3.05) is 39.3 Å². The quantitative estimate of drug-likeness (QED) is 0.663. The molecule has 2 heterocycles. The molecule has 0 radical (unpaired) electrons. The number of rotatable bonds is 6. The van der Waals surface area contributed by atoms with Crippen molar-refractivity contribution in [1.29, 1.82) is 0 Å². The molecule has 0 amide bonds.